The Kier molecular flexibility index (Phi) is 7.54. The lowest BCUT2D eigenvalue weighted by molar-refractivity contribution is -0.136. The number of carbonyl (C=O) groups is 2. The van der Waals surface area contributed by atoms with E-state index in [0.717, 1.165) is 28.7 Å². The Morgan fingerprint density at radius 1 is 1.00 bits per heavy atom. The van der Waals surface area contributed by atoms with Gasteiger partial charge in [0, 0.05) is 19.0 Å². The number of benzene rings is 3. The van der Waals surface area contributed by atoms with Crippen LogP contribution in [0.15, 0.2) is 72.8 Å². The molecule has 1 heterocycles. The van der Waals surface area contributed by atoms with Gasteiger partial charge in [-0.1, -0.05) is 80.1 Å². The highest BCUT2D eigenvalue weighted by Gasteiger charge is 2.33. The third kappa shape index (κ3) is 5.73. The van der Waals surface area contributed by atoms with Crippen LogP contribution in [0, 0.1) is 12.8 Å². The van der Waals surface area contributed by atoms with Crippen LogP contribution >= 0.6 is 0 Å². The lowest BCUT2D eigenvalue weighted by Crippen LogP contribution is -2.42. The maximum absolute atomic E-state index is 13.1. The van der Waals surface area contributed by atoms with Crippen LogP contribution < -0.4 is 10.1 Å². The largest absolute Gasteiger partial charge is 0.481 e. The van der Waals surface area contributed by atoms with Gasteiger partial charge in [-0.2, -0.15) is 0 Å². The predicted molar refractivity (Wildman–Crippen MR) is 138 cm³/mol. The molecule has 35 heavy (non-hydrogen) atoms. The molecule has 0 fully saturated rings. The summed E-state index contributed by atoms with van der Waals surface area (Å²) in [5.41, 5.74) is 5.55. The Labute approximate surface area is 208 Å². The molecule has 0 aromatic heterocycles. The van der Waals surface area contributed by atoms with E-state index in [2.05, 4.69) is 29.6 Å². The summed E-state index contributed by atoms with van der Waals surface area (Å²) in [5.74, 6) is 0.515. The summed E-state index contributed by atoms with van der Waals surface area (Å²) < 4.78 is 6.07. The number of aryl methyl sites for hydroxylation is 1. The average Bonchev–Trinajstić information content (AvgIpc) is 2.86. The van der Waals surface area contributed by atoms with E-state index in [0.29, 0.717) is 18.8 Å². The second kappa shape index (κ2) is 10.8. The number of amides is 2. The summed E-state index contributed by atoms with van der Waals surface area (Å²) >= 11 is 0. The highest BCUT2D eigenvalue weighted by Crippen LogP contribution is 2.38. The summed E-state index contributed by atoms with van der Waals surface area (Å²) in [6.07, 6.45) is 0.147. The fourth-order valence-corrected chi connectivity index (χ4v) is 4.64. The molecule has 5 heteroatoms. The maximum atomic E-state index is 13.1. The quantitative estimate of drug-likeness (QED) is 0.516. The second-order valence-electron chi connectivity index (χ2n) is 9.58. The number of fused-ring (bicyclic) bond motifs is 1. The van der Waals surface area contributed by atoms with Crippen molar-refractivity contribution >= 4 is 11.8 Å². The zero-order valence-corrected chi connectivity index (χ0v) is 21.0. The summed E-state index contributed by atoms with van der Waals surface area (Å²) in [5, 5.41) is 2.96. The van der Waals surface area contributed by atoms with Crippen LogP contribution in [0.2, 0.25) is 0 Å². The first-order valence-electron chi connectivity index (χ1n) is 12.3. The average molecular weight is 471 g/mol. The minimum atomic E-state index is -0.648. The molecule has 1 aliphatic heterocycles. The lowest BCUT2D eigenvalue weighted by Gasteiger charge is -2.39. The molecule has 182 valence electrons. The van der Waals surface area contributed by atoms with Crippen LogP contribution in [0.25, 0.3) is 0 Å². The van der Waals surface area contributed by atoms with E-state index in [9.17, 15) is 9.59 Å². The molecule has 1 aliphatic rings. The molecule has 2 amide bonds. The van der Waals surface area contributed by atoms with E-state index in [1.807, 2.05) is 74.2 Å². The fraction of sp³-hybridized carbons (Fsp3) is 0.333. The molecule has 4 rings (SSSR count). The number of hydrogen-bond donors (Lipinski definition) is 1. The Bertz CT molecular complexity index is 1190. The molecule has 0 saturated carbocycles. The molecule has 0 saturated heterocycles. The highest BCUT2D eigenvalue weighted by atomic mass is 16.5. The number of ether oxygens (including phenoxy) is 1. The standard InChI is InChI=1S/C30H34N2O3/c1-20(2)30(34)32-16-15-24-13-14-26(18-27(24)28(32)25-11-6-5-7-12-25)35-22(4)29(33)31-19-23-10-8-9-21(3)17-23/h5-14,17-18,20,22,28H,15-16,19H2,1-4H3,(H,31,33). The molecule has 2 atom stereocenters. The molecule has 3 aromatic rings. The van der Waals surface area contributed by atoms with E-state index in [1.54, 1.807) is 6.92 Å². The molecular weight excluding hydrogens is 436 g/mol. The Morgan fingerprint density at radius 3 is 2.49 bits per heavy atom. The summed E-state index contributed by atoms with van der Waals surface area (Å²) in [4.78, 5) is 27.8. The van der Waals surface area contributed by atoms with Crippen molar-refractivity contribution in [1.29, 1.82) is 0 Å². The van der Waals surface area contributed by atoms with Gasteiger partial charge in [0.2, 0.25) is 5.91 Å². The van der Waals surface area contributed by atoms with Crippen LogP contribution in [0.3, 0.4) is 0 Å². The van der Waals surface area contributed by atoms with E-state index in [-0.39, 0.29) is 23.8 Å². The van der Waals surface area contributed by atoms with Crippen molar-refractivity contribution in [2.45, 2.75) is 52.8 Å². The van der Waals surface area contributed by atoms with Crippen molar-refractivity contribution in [2.75, 3.05) is 6.54 Å². The Balaban J connectivity index is 1.54. The third-order valence-electron chi connectivity index (χ3n) is 6.47. The zero-order valence-electron chi connectivity index (χ0n) is 21.0. The van der Waals surface area contributed by atoms with Gasteiger partial charge >= 0.3 is 0 Å². The van der Waals surface area contributed by atoms with Crippen molar-refractivity contribution in [2.24, 2.45) is 5.92 Å². The van der Waals surface area contributed by atoms with Gasteiger partial charge in [-0.25, -0.2) is 0 Å². The van der Waals surface area contributed by atoms with E-state index < -0.39 is 6.10 Å². The van der Waals surface area contributed by atoms with Crippen molar-refractivity contribution in [3.8, 4) is 5.75 Å². The van der Waals surface area contributed by atoms with Crippen molar-refractivity contribution in [3.05, 3.63) is 101 Å². The molecule has 1 N–H and O–H groups in total. The van der Waals surface area contributed by atoms with E-state index >= 15 is 0 Å². The van der Waals surface area contributed by atoms with Gasteiger partial charge < -0.3 is 15.0 Å². The SMILES string of the molecule is Cc1cccc(CNC(=O)C(C)Oc2ccc3c(c2)C(c2ccccc2)N(C(=O)C(C)C)CC3)c1. The fourth-order valence-electron chi connectivity index (χ4n) is 4.64. The maximum Gasteiger partial charge on any atom is 0.261 e. The first-order valence-corrected chi connectivity index (χ1v) is 12.3. The van der Waals surface area contributed by atoms with Crippen molar-refractivity contribution in [1.82, 2.24) is 10.2 Å². The topological polar surface area (TPSA) is 58.6 Å². The van der Waals surface area contributed by atoms with Crippen LogP contribution in [0.1, 0.15) is 54.6 Å². The molecular formula is C30H34N2O3. The van der Waals surface area contributed by atoms with Gasteiger partial charge in [-0.05, 0) is 54.7 Å². The summed E-state index contributed by atoms with van der Waals surface area (Å²) in [6.45, 7) is 8.81. The number of nitrogens with zero attached hydrogens (tertiary/aromatic N) is 1. The minimum absolute atomic E-state index is 0.0840. The molecule has 3 aromatic carbocycles. The van der Waals surface area contributed by atoms with Crippen LogP contribution in [0.5, 0.6) is 5.75 Å². The van der Waals surface area contributed by atoms with Crippen molar-refractivity contribution < 1.29 is 14.3 Å². The molecule has 0 spiro atoms. The van der Waals surface area contributed by atoms with Gasteiger partial charge in [0.15, 0.2) is 6.10 Å². The van der Waals surface area contributed by atoms with Gasteiger partial charge in [0.25, 0.3) is 5.91 Å². The van der Waals surface area contributed by atoms with E-state index in [1.165, 1.54) is 5.56 Å². The summed E-state index contributed by atoms with van der Waals surface area (Å²) in [6, 6.07) is 24.0. The van der Waals surface area contributed by atoms with E-state index in [4.69, 9.17) is 4.74 Å². The molecule has 5 nitrogen and oxygen atoms in total. The van der Waals surface area contributed by atoms with Crippen LogP contribution in [0.4, 0.5) is 0 Å². The zero-order chi connectivity index (χ0) is 24.9. The Hall–Kier alpha value is -3.60. The van der Waals surface area contributed by atoms with Crippen LogP contribution in [-0.4, -0.2) is 29.4 Å². The van der Waals surface area contributed by atoms with Crippen molar-refractivity contribution in [3.63, 3.8) is 0 Å². The minimum Gasteiger partial charge on any atom is -0.481 e. The first kappa shape index (κ1) is 24.5. The molecule has 0 aliphatic carbocycles. The van der Waals surface area contributed by atoms with Gasteiger partial charge in [-0.15, -0.1) is 0 Å². The number of nitrogens with one attached hydrogen (secondary N) is 1. The second-order valence-corrected chi connectivity index (χ2v) is 9.58. The smallest absolute Gasteiger partial charge is 0.261 e. The number of rotatable bonds is 7. The first-order chi connectivity index (χ1) is 16.8. The molecule has 2 unspecified atom stereocenters. The monoisotopic (exact) mass is 470 g/mol. The highest BCUT2D eigenvalue weighted by molar-refractivity contribution is 5.81. The summed E-state index contributed by atoms with van der Waals surface area (Å²) in [7, 11) is 0. The van der Waals surface area contributed by atoms with Crippen LogP contribution in [-0.2, 0) is 22.6 Å². The van der Waals surface area contributed by atoms with Gasteiger partial charge in [0.05, 0.1) is 6.04 Å². The molecule has 0 radical (unpaired) electrons. The van der Waals surface area contributed by atoms with Gasteiger partial charge in [0.1, 0.15) is 5.75 Å². The lowest BCUT2D eigenvalue weighted by atomic mass is 9.87. The predicted octanol–water partition coefficient (Wildman–Crippen LogP) is 5.21. The number of carbonyl (C=O) groups excluding carboxylic acids is 2. The number of hydrogen-bond acceptors (Lipinski definition) is 3. The molecule has 0 bridgehead atoms. The normalized spacial score (nSPS) is 15.9. The Morgan fingerprint density at radius 2 is 1.77 bits per heavy atom. The van der Waals surface area contributed by atoms with Gasteiger partial charge in [-0.3, -0.25) is 9.59 Å². The third-order valence-corrected chi connectivity index (χ3v) is 6.47.